The molecule has 17 heavy (non-hydrogen) atoms. The van der Waals surface area contributed by atoms with E-state index in [1.807, 2.05) is 0 Å². The van der Waals surface area contributed by atoms with E-state index in [1.165, 1.54) is 0 Å². The summed E-state index contributed by atoms with van der Waals surface area (Å²) in [5.41, 5.74) is 0. The van der Waals surface area contributed by atoms with Crippen LogP contribution in [0.1, 0.15) is 26.2 Å². The van der Waals surface area contributed by atoms with Crippen molar-refractivity contribution < 1.29 is 13.2 Å². The van der Waals surface area contributed by atoms with Crippen molar-refractivity contribution in [3.8, 4) is 0 Å². The molecule has 0 radical (unpaired) electrons. The van der Waals surface area contributed by atoms with Crippen molar-refractivity contribution in [3.05, 3.63) is 0 Å². The molecule has 1 saturated heterocycles. The fourth-order valence-corrected chi connectivity index (χ4v) is 2.75. The normalized spacial score (nSPS) is 21.1. The molecule has 1 atom stereocenters. The highest BCUT2D eigenvalue weighted by Crippen LogP contribution is 2.06. The lowest BCUT2D eigenvalue weighted by Gasteiger charge is -2.22. The predicted molar refractivity (Wildman–Crippen MR) is 66.1 cm³/mol. The smallest absolute Gasteiger partial charge is 0.237 e. The molecule has 0 spiro atoms. The minimum absolute atomic E-state index is 0.0701. The highest BCUT2D eigenvalue weighted by molar-refractivity contribution is 7.89. The number of hydrogen-bond donors (Lipinski definition) is 3. The second-order valence-electron chi connectivity index (χ2n) is 4.11. The van der Waals surface area contributed by atoms with Gasteiger partial charge in [-0.05, 0) is 19.4 Å². The van der Waals surface area contributed by atoms with Crippen LogP contribution < -0.4 is 15.4 Å². The fourth-order valence-electron chi connectivity index (χ4n) is 1.80. The Labute approximate surface area is 103 Å². The Morgan fingerprint density at radius 3 is 2.76 bits per heavy atom. The van der Waals surface area contributed by atoms with E-state index in [0.29, 0.717) is 6.54 Å². The van der Waals surface area contributed by atoms with Crippen LogP contribution in [0, 0.1) is 0 Å². The van der Waals surface area contributed by atoms with Gasteiger partial charge in [-0.2, -0.15) is 0 Å². The summed E-state index contributed by atoms with van der Waals surface area (Å²) in [7, 11) is -3.24. The Morgan fingerprint density at radius 1 is 1.41 bits per heavy atom. The molecule has 7 heteroatoms. The van der Waals surface area contributed by atoms with E-state index >= 15 is 0 Å². The van der Waals surface area contributed by atoms with Gasteiger partial charge in [0.05, 0.1) is 11.8 Å². The molecular formula is C10H21N3O3S. The van der Waals surface area contributed by atoms with Crippen molar-refractivity contribution in [1.29, 1.82) is 0 Å². The van der Waals surface area contributed by atoms with Gasteiger partial charge in [0.25, 0.3) is 0 Å². The van der Waals surface area contributed by atoms with Gasteiger partial charge < -0.3 is 10.6 Å². The Morgan fingerprint density at radius 2 is 2.18 bits per heavy atom. The summed E-state index contributed by atoms with van der Waals surface area (Å²) in [4.78, 5) is 11.7. The first kappa shape index (κ1) is 14.4. The third-order valence-electron chi connectivity index (χ3n) is 2.66. The molecule has 1 fully saturated rings. The number of nitrogens with one attached hydrogen (secondary N) is 3. The number of carbonyl (C=O) groups excluding carboxylic acids is 1. The maximum Gasteiger partial charge on any atom is 0.237 e. The first-order chi connectivity index (χ1) is 8.05. The molecule has 1 rings (SSSR count). The van der Waals surface area contributed by atoms with Crippen molar-refractivity contribution in [3.63, 3.8) is 0 Å². The molecule has 0 bridgehead atoms. The highest BCUT2D eigenvalue weighted by atomic mass is 32.2. The number of carbonyl (C=O) groups is 1. The molecule has 0 saturated carbocycles. The maximum atomic E-state index is 11.7. The van der Waals surface area contributed by atoms with Crippen LogP contribution in [0.25, 0.3) is 0 Å². The third kappa shape index (κ3) is 5.47. The summed E-state index contributed by atoms with van der Waals surface area (Å²) in [5.74, 6) is -0.171. The Balaban J connectivity index is 2.24. The van der Waals surface area contributed by atoms with E-state index in [0.717, 1.165) is 25.8 Å². The number of piperidine rings is 1. The molecule has 0 aromatic rings. The Bertz CT molecular complexity index is 337. The number of sulfonamides is 1. The molecule has 1 aliphatic rings. The average molecular weight is 263 g/mol. The Kier molecular flexibility index (Phi) is 5.87. The van der Waals surface area contributed by atoms with E-state index in [-0.39, 0.29) is 24.2 Å². The molecule has 0 aromatic heterocycles. The van der Waals surface area contributed by atoms with E-state index < -0.39 is 10.0 Å². The van der Waals surface area contributed by atoms with Crippen LogP contribution in [0.15, 0.2) is 0 Å². The topological polar surface area (TPSA) is 87.3 Å². The summed E-state index contributed by atoms with van der Waals surface area (Å²) in [6, 6.07) is -0.161. The van der Waals surface area contributed by atoms with Gasteiger partial charge in [-0.1, -0.05) is 13.3 Å². The van der Waals surface area contributed by atoms with Crippen LogP contribution in [0.4, 0.5) is 0 Å². The van der Waals surface area contributed by atoms with Crippen LogP contribution in [-0.2, 0) is 14.8 Å². The molecule has 6 nitrogen and oxygen atoms in total. The zero-order chi connectivity index (χ0) is 12.7. The van der Waals surface area contributed by atoms with Gasteiger partial charge in [0, 0.05) is 13.1 Å². The number of rotatable bonds is 6. The SMILES string of the molecule is CCNS(=O)(=O)CCNC(=O)[C@@H]1CCCCN1. The van der Waals surface area contributed by atoms with Crippen molar-refractivity contribution in [2.45, 2.75) is 32.2 Å². The highest BCUT2D eigenvalue weighted by Gasteiger charge is 2.20. The van der Waals surface area contributed by atoms with Crippen LogP contribution in [0.5, 0.6) is 0 Å². The van der Waals surface area contributed by atoms with E-state index in [2.05, 4.69) is 15.4 Å². The third-order valence-corrected chi connectivity index (χ3v) is 4.13. The molecule has 0 aliphatic carbocycles. The van der Waals surface area contributed by atoms with Gasteiger partial charge in [-0.25, -0.2) is 13.1 Å². The summed E-state index contributed by atoms with van der Waals surface area (Å²) < 4.78 is 25.0. The molecular weight excluding hydrogens is 242 g/mol. The molecule has 0 aromatic carbocycles. The number of amides is 1. The zero-order valence-electron chi connectivity index (χ0n) is 10.2. The molecule has 1 amide bonds. The largest absolute Gasteiger partial charge is 0.354 e. The average Bonchev–Trinajstić information content (AvgIpc) is 2.29. The van der Waals surface area contributed by atoms with E-state index in [1.54, 1.807) is 6.92 Å². The summed E-state index contributed by atoms with van der Waals surface area (Å²) in [6.07, 6.45) is 2.96. The van der Waals surface area contributed by atoms with E-state index in [4.69, 9.17) is 0 Å². The van der Waals surface area contributed by atoms with Crippen molar-refractivity contribution >= 4 is 15.9 Å². The van der Waals surface area contributed by atoms with Crippen LogP contribution in [0.3, 0.4) is 0 Å². The lowest BCUT2D eigenvalue weighted by Crippen LogP contribution is -2.47. The van der Waals surface area contributed by atoms with Gasteiger partial charge >= 0.3 is 0 Å². The summed E-state index contributed by atoms with van der Waals surface area (Å²) >= 11 is 0. The van der Waals surface area contributed by atoms with Gasteiger partial charge in [0.15, 0.2) is 0 Å². The fraction of sp³-hybridized carbons (Fsp3) is 0.900. The molecule has 1 heterocycles. The molecule has 3 N–H and O–H groups in total. The van der Waals surface area contributed by atoms with Crippen LogP contribution in [0.2, 0.25) is 0 Å². The first-order valence-electron chi connectivity index (χ1n) is 6.03. The van der Waals surface area contributed by atoms with Gasteiger partial charge in [0.1, 0.15) is 0 Å². The predicted octanol–water partition coefficient (Wildman–Crippen LogP) is -0.816. The maximum absolute atomic E-state index is 11.7. The lowest BCUT2D eigenvalue weighted by molar-refractivity contribution is -0.123. The first-order valence-corrected chi connectivity index (χ1v) is 7.69. The molecule has 100 valence electrons. The number of hydrogen-bond acceptors (Lipinski definition) is 4. The Hall–Kier alpha value is -0.660. The van der Waals surface area contributed by atoms with Gasteiger partial charge in [-0.15, -0.1) is 0 Å². The molecule has 1 aliphatic heterocycles. The summed E-state index contributed by atoms with van der Waals surface area (Å²) in [5, 5.41) is 5.76. The van der Waals surface area contributed by atoms with Crippen molar-refractivity contribution in [2.24, 2.45) is 0 Å². The van der Waals surface area contributed by atoms with Crippen molar-refractivity contribution in [1.82, 2.24) is 15.4 Å². The van der Waals surface area contributed by atoms with E-state index in [9.17, 15) is 13.2 Å². The van der Waals surface area contributed by atoms with Crippen LogP contribution in [-0.4, -0.2) is 45.8 Å². The quantitative estimate of drug-likeness (QED) is 0.584. The zero-order valence-corrected chi connectivity index (χ0v) is 11.0. The monoisotopic (exact) mass is 263 g/mol. The minimum Gasteiger partial charge on any atom is -0.354 e. The van der Waals surface area contributed by atoms with Crippen LogP contribution >= 0.6 is 0 Å². The van der Waals surface area contributed by atoms with Crippen molar-refractivity contribution in [2.75, 3.05) is 25.4 Å². The van der Waals surface area contributed by atoms with Gasteiger partial charge in [-0.3, -0.25) is 4.79 Å². The second-order valence-corrected chi connectivity index (χ2v) is 6.04. The standard InChI is InChI=1S/C10H21N3O3S/c1-2-13-17(15,16)8-7-12-10(14)9-5-3-4-6-11-9/h9,11,13H,2-8H2,1H3,(H,12,14)/t9-/m0/s1. The lowest BCUT2D eigenvalue weighted by atomic mass is 10.0. The van der Waals surface area contributed by atoms with Gasteiger partial charge in [0.2, 0.25) is 15.9 Å². The minimum atomic E-state index is -3.24. The molecule has 0 unspecified atom stereocenters. The summed E-state index contributed by atoms with van der Waals surface area (Å²) in [6.45, 7) is 3.11. The second kappa shape index (κ2) is 6.93.